The number of nitrogens with zero attached hydrogens (tertiary/aromatic N) is 2. The predicted octanol–water partition coefficient (Wildman–Crippen LogP) is 4.76. The SMILES string of the molecule is CCCCNc1ncccc1C1CCCCN1C(=O)OC(C)(C)C. The molecule has 1 aromatic rings. The molecule has 1 amide bonds. The van der Waals surface area contributed by atoms with Gasteiger partial charge in [0.15, 0.2) is 0 Å². The number of pyridine rings is 1. The Bertz CT molecular complexity index is 540. The Morgan fingerprint density at radius 2 is 2.21 bits per heavy atom. The number of hydrogen-bond donors (Lipinski definition) is 1. The Balaban J connectivity index is 2.19. The van der Waals surface area contributed by atoms with Crippen LogP contribution in [0, 0.1) is 0 Å². The molecule has 1 unspecified atom stereocenters. The lowest BCUT2D eigenvalue weighted by atomic mass is 9.96. The number of amides is 1. The molecule has 1 atom stereocenters. The van der Waals surface area contributed by atoms with Gasteiger partial charge in [0.1, 0.15) is 11.4 Å². The largest absolute Gasteiger partial charge is 0.444 e. The van der Waals surface area contributed by atoms with Gasteiger partial charge in [-0.1, -0.05) is 19.4 Å². The molecule has 24 heavy (non-hydrogen) atoms. The van der Waals surface area contributed by atoms with Gasteiger partial charge < -0.3 is 15.0 Å². The van der Waals surface area contributed by atoms with Gasteiger partial charge in [0.25, 0.3) is 0 Å². The van der Waals surface area contributed by atoms with Crippen LogP contribution < -0.4 is 5.32 Å². The molecule has 5 heteroatoms. The quantitative estimate of drug-likeness (QED) is 0.790. The van der Waals surface area contributed by atoms with Crippen LogP contribution in [0.1, 0.15) is 71.4 Å². The van der Waals surface area contributed by atoms with E-state index >= 15 is 0 Å². The van der Waals surface area contributed by atoms with Gasteiger partial charge >= 0.3 is 6.09 Å². The van der Waals surface area contributed by atoms with Gasteiger partial charge in [0.05, 0.1) is 6.04 Å². The number of aromatic nitrogens is 1. The van der Waals surface area contributed by atoms with Crippen molar-refractivity contribution in [2.24, 2.45) is 0 Å². The zero-order chi connectivity index (χ0) is 17.6. The molecular weight excluding hydrogens is 302 g/mol. The minimum absolute atomic E-state index is 0.0337. The summed E-state index contributed by atoms with van der Waals surface area (Å²) in [6.07, 6.45) is 6.92. The van der Waals surface area contributed by atoms with E-state index in [-0.39, 0.29) is 12.1 Å². The van der Waals surface area contributed by atoms with Gasteiger partial charge in [0.2, 0.25) is 0 Å². The minimum Gasteiger partial charge on any atom is -0.444 e. The van der Waals surface area contributed by atoms with E-state index in [1.165, 1.54) is 0 Å². The fraction of sp³-hybridized carbons (Fsp3) is 0.684. The fourth-order valence-electron chi connectivity index (χ4n) is 3.01. The number of ether oxygens (including phenoxy) is 1. The molecule has 0 saturated carbocycles. The van der Waals surface area contributed by atoms with Crippen molar-refractivity contribution in [3.05, 3.63) is 23.9 Å². The minimum atomic E-state index is -0.476. The topological polar surface area (TPSA) is 54.5 Å². The molecule has 1 aromatic heterocycles. The number of rotatable bonds is 5. The second-order valence-corrected chi connectivity index (χ2v) is 7.41. The molecule has 5 nitrogen and oxygen atoms in total. The second-order valence-electron chi connectivity index (χ2n) is 7.41. The average molecular weight is 333 g/mol. The van der Waals surface area contributed by atoms with Crippen molar-refractivity contribution in [2.75, 3.05) is 18.4 Å². The van der Waals surface area contributed by atoms with E-state index in [4.69, 9.17) is 4.74 Å². The third kappa shape index (κ3) is 5.11. The van der Waals surface area contributed by atoms with Crippen LogP contribution in [0.5, 0.6) is 0 Å². The number of carbonyl (C=O) groups excluding carboxylic acids is 1. The number of unbranched alkanes of at least 4 members (excludes halogenated alkanes) is 1. The monoisotopic (exact) mass is 333 g/mol. The lowest BCUT2D eigenvalue weighted by Crippen LogP contribution is -2.42. The summed E-state index contributed by atoms with van der Waals surface area (Å²) in [6, 6.07) is 4.06. The first-order valence-corrected chi connectivity index (χ1v) is 9.11. The van der Waals surface area contributed by atoms with Gasteiger partial charge in [0, 0.05) is 24.8 Å². The Morgan fingerprint density at radius 3 is 2.92 bits per heavy atom. The van der Waals surface area contributed by atoms with Gasteiger partial charge in [-0.3, -0.25) is 0 Å². The zero-order valence-corrected chi connectivity index (χ0v) is 15.5. The first-order valence-electron chi connectivity index (χ1n) is 9.11. The molecule has 1 aliphatic heterocycles. The number of hydrogen-bond acceptors (Lipinski definition) is 4. The summed E-state index contributed by atoms with van der Waals surface area (Å²) < 4.78 is 5.61. The summed E-state index contributed by atoms with van der Waals surface area (Å²) in [6.45, 7) is 9.54. The van der Waals surface area contributed by atoms with Crippen molar-refractivity contribution < 1.29 is 9.53 Å². The Hall–Kier alpha value is -1.78. The van der Waals surface area contributed by atoms with E-state index in [2.05, 4.69) is 23.3 Å². The van der Waals surface area contributed by atoms with E-state index in [1.807, 2.05) is 31.7 Å². The van der Waals surface area contributed by atoms with Gasteiger partial charge in [-0.05, 0) is 52.5 Å². The van der Waals surface area contributed by atoms with Crippen molar-refractivity contribution in [3.8, 4) is 0 Å². The van der Waals surface area contributed by atoms with E-state index in [0.717, 1.165) is 56.6 Å². The molecule has 1 fully saturated rings. The molecule has 1 saturated heterocycles. The van der Waals surface area contributed by atoms with Gasteiger partial charge in [-0.25, -0.2) is 9.78 Å². The highest BCUT2D eigenvalue weighted by molar-refractivity contribution is 5.69. The van der Waals surface area contributed by atoms with Crippen LogP contribution in [0.25, 0.3) is 0 Å². The van der Waals surface area contributed by atoms with Crippen molar-refractivity contribution in [1.82, 2.24) is 9.88 Å². The average Bonchev–Trinajstić information content (AvgIpc) is 2.54. The van der Waals surface area contributed by atoms with E-state index in [1.54, 1.807) is 6.20 Å². The Morgan fingerprint density at radius 1 is 1.42 bits per heavy atom. The summed E-state index contributed by atoms with van der Waals surface area (Å²) in [5, 5.41) is 3.43. The molecular formula is C19H31N3O2. The van der Waals surface area contributed by atoms with Crippen molar-refractivity contribution >= 4 is 11.9 Å². The third-order valence-corrected chi connectivity index (χ3v) is 4.15. The van der Waals surface area contributed by atoms with Crippen LogP contribution >= 0.6 is 0 Å². The zero-order valence-electron chi connectivity index (χ0n) is 15.5. The van der Waals surface area contributed by atoms with E-state index in [0.29, 0.717) is 0 Å². The lowest BCUT2D eigenvalue weighted by Gasteiger charge is -2.37. The van der Waals surface area contributed by atoms with Crippen molar-refractivity contribution in [1.29, 1.82) is 0 Å². The highest BCUT2D eigenvalue weighted by atomic mass is 16.6. The first kappa shape index (κ1) is 18.6. The first-order chi connectivity index (χ1) is 11.4. The molecule has 0 aliphatic carbocycles. The Kier molecular flexibility index (Phi) is 6.46. The highest BCUT2D eigenvalue weighted by Gasteiger charge is 2.32. The predicted molar refractivity (Wildman–Crippen MR) is 97.2 cm³/mol. The molecule has 134 valence electrons. The smallest absolute Gasteiger partial charge is 0.410 e. The highest BCUT2D eigenvalue weighted by Crippen LogP contribution is 2.35. The van der Waals surface area contributed by atoms with Crippen LogP contribution in [0.4, 0.5) is 10.6 Å². The lowest BCUT2D eigenvalue weighted by molar-refractivity contribution is 0.00957. The fourth-order valence-corrected chi connectivity index (χ4v) is 3.01. The summed E-state index contributed by atoms with van der Waals surface area (Å²) >= 11 is 0. The number of piperidine rings is 1. The van der Waals surface area contributed by atoms with Gasteiger partial charge in [-0.15, -0.1) is 0 Å². The van der Waals surface area contributed by atoms with E-state index < -0.39 is 5.60 Å². The van der Waals surface area contributed by atoms with Crippen LogP contribution in [-0.4, -0.2) is 34.7 Å². The number of anilines is 1. The van der Waals surface area contributed by atoms with Gasteiger partial charge in [-0.2, -0.15) is 0 Å². The molecule has 0 aromatic carbocycles. The van der Waals surface area contributed by atoms with E-state index in [9.17, 15) is 4.79 Å². The molecule has 0 bridgehead atoms. The summed E-state index contributed by atoms with van der Waals surface area (Å²) in [4.78, 5) is 19.0. The Labute approximate surface area is 145 Å². The molecule has 0 radical (unpaired) electrons. The third-order valence-electron chi connectivity index (χ3n) is 4.15. The summed E-state index contributed by atoms with van der Waals surface area (Å²) in [5.41, 5.74) is 0.620. The molecule has 2 rings (SSSR count). The van der Waals surface area contributed by atoms with Crippen LogP contribution in [0.2, 0.25) is 0 Å². The molecule has 1 N–H and O–H groups in total. The van der Waals surface area contributed by atoms with Crippen LogP contribution in [0.3, 0.4) is 0 Å². The second kappa shape index (κ2) is 8.36. The maximum Gasteiger partial charge on any atom is 0.410 e. The number of nitrogens with one attached hydrogen (secondary N) is 1. The normalized spacial score (nSPS) is 18.3. The summed E-state index contributed by atoms with van der Waals surface area (Å²) in [7, 11) is 0. The van der Waals surface area contributed by atoms with Crippen LogP contribution in [-0.2, 0) is 4.74 Å². The van der Waals surface area contributed by atoms with Crippen molar-refractivity contribution in [3.63, 3.8) is 0 Å². The van der Waals surface area contributed by atoms with Crippen LogP contribution in [0.15, 0.2) is 18.3 Å². The number of carbonyl (C=O) groups is 1. The van der Waals surface area contributed by atoms with Crippen molar-refractivity contribution in [2.45, 2.75) is 71.4 Å². The standard InChI is InChI=1S/C19H31N3O2/c1-5-6-12-20-17-15(10-9-13-21-17)16-11-7-8-14-22(16)18(23)24-19(2,3)4/h9-10,13,16H,5-8,11-12,14H2,1-4H3,(H,20,21). The maximum absolute atomic E-state index is 12.6. The molecule has 2 heterocycles. The molecule has 0 spiro atoms. The summed E-state index contributed by atoms with van der Waals surface area (Å²) in [5.74, 6) is 0.895. The molecule has 1 aliphatic rings. The number of likely N-dealkylation sites (tertiary alicyclic amines) is 1. The maximum atomic E-state index is 12.6.